The summed E-state index contributed by atoms with van der Waals surface area (Å²) >= 11 is 1.32. The first-order valence-corrected chi connectivity index (χ1v) is 7.58. The normalized spacial score (nSPS) is 10.1. The number of amides is 2. The molecule has 2 aromatic carbocycles. The van der Waals surface area contributed by atoms with Crippen LogP contribution in [0.3, 0.4) is 0 Å². The molecule has 0 unspecified atom stereocenters. The van der Waals surface area contributed by atoms with Gasteiger partial charge in [-0.25, -0.2) is 4.39 Å². The third kappa shape index (κ3) is 4.89. The monoisotopic (exact) mass is 318 g/mol. The summed E-state index contributed by atoms with van der Waals surface area (Å²) in [6, 6.07) is 12.8. The number of thioether (sulfide) groups is 1. The highest BCUT2D eigenvalue weighted by Crippen LogP contribution is 2.27. The Labute approximate surface area is 132 Å². The molecule has 22 heavy (non-hydrogen) atoms. The molecule has 2 N–H and O–H groups in total. The van der Waals surface area contributed by atoms with Crippen LogP contribution >= 0.6 is 11.8 Å². The molecule has 114 valence electrons. The molecule has 0 radical (unpaired) electrons. The van der Waals surface area contributed by atoms with E-state index in [1.807, 2.05) is 18.2 Å². The molecular formula is C16H15FN2O2S. The fourth-order valence-corrected chi connectivity index (χ4v) is 2.57. The molecule has 0 aliphatic rings. The summed E-state index contributed by atoms with van der Waals surface area (Å²) in [5, 5.41) is 5.41. The topological polar surface area (TPSA) is 58.2 Å². The fraction of sp³-hybridized carbons (Fsp3) is 0.125. The predicted molar refractivity (Wildman–Crippen MR) is 86.5 cm³/mol. The van der Waals surface area contributed by atoms with E-state index in [1.165, 1.54) is 43.0 Å². The van der Waals surface area contributed by atoms with Gasteiger partial charge in [0.2, 0.25) is 11.8 Å². The highest BCUT2D eigenvalue weighted by molar-refractivity contribution is 8.00. The van der Waals surface area contributed by atoms with Crippen molar-refractivity contribution in [2.75, 3.05) is 16.4 Å². The van der Waals surface area contributed by atoms with Crippen LogP contribution < -0.4 is 10.6 Å². The number of rotatable bonds is 5. The van der Waals surface area contributed by atoms with Gasteiger partial charge >= 0.3 is 0 Å². The van der Waals surface area contributed by atoms with Crippen molar-refractivity contribution in [1.82, 2.24) is 0 Å². The number of hydrogen-bond donors (Lipinski definition) is 2. The number of carbonyl (C=O) groups excluding carboxylic acids is 2. The van der Waals surface area contributed by atoms with Gasteiger partial charge in [-0.05, 0) is 36.4 Å². The molecule has 0 saturated carbocycles. The highest BCUT2D eigenvalue weighted by atomic mass is 32.2. The van der Waals surface area contributed by atoms with Crippen molar-refractivity contribution in [2.45, 2.75) is 11.8 Å². The maximum absolute atomic E-state index is 12.8. The van der Waals surface area contributed by atoms with Gasteiger partial charge in [0.15, 0.2) is 0 Å². The van der Waals surface area contributed by atoms with Crippen molar-refractivity contribution in [3.63, 3.8) is 0 Å². The average Bonchev–Trinajstić information content (AvgIpc) is 2.48. The summed E-state index contributed by atoms with van der Waals surface area (Å²) in [4.78, 5) is 23.8. The van der Waals surface area contributed by atoms with Crippen LogP contribution in [-0.4, -0.2) is 17.6 Å². The van der Waals surface area contributed by atoms with Crippen molar-refractivity contribution in [3.05, 3.63) is 54.3 Å². The van der Waals surface area contributed by atoms with E-state index in [1.54, 1.807) is 6.07 Å². The maximum atomic E-state index is 12.8. The Hall–Kier alpha value is -2.34. The van der Waals surface area contributed by atoms with E-state index in [-0.39, 0.29) is 23.4 Å². The van der Waals surface area contributed by atoms with Crippen LogP contribution in [0.15, 0.2) is 53.4 Å². The first kappa shape index (κ1) is 16.0. The number of benzene rings is 2. The quantitative estimate of drug-likeness (QED) is 0.829. The third-order valence-electron chi connectivity index (χ3n) is 2.68. The maximum Gasteiger partial charge on any atom is 0.234 e. The minimum atomic E-state index is -0.350. The lowest BCUT2D eigenvalue weighted by Crippen LogP contribution is -2.14. The standard InChI is InChI=1S/C16H15FN2O2S/c1-11(20)18-14-4-2-3-5-15(14)22-10-16(21)19-13-8-6-12(17)7-9-13/h2-9H,10H2,1H3,(H,18,20)(H,19,21). The van der Waals surface area contributed by atoms with Gasteiger partial charge in [0.1, 0.15) is 5.82 Å². The van der Waals surface area contributed by atoms with Gasteiger partial charge in [0, 0.05) is 17.5 Å². The lowest BCUT2D eigenvalue weighted by atomic mass is 10.3. The van der Waals surface area contributed by atoms with Gasteiger partial charge in [-0.15, -0.1) is 11.8 Å². The van der Waals surface area contributed by atoms with E-state index in [0.29, 0.717) is 11.4 Å². The summed E-state index contributed by atoms with van der Waals surface area (Å²) in [6.45, 7) is 1.43. The third-order valence-corrected chi connectivity index (χ3v) is 3.76. The number of para-hydroxylation sites is 1. The van der Waals surface area contributed by atoms with Gasteiger partial charge in [-0.3, -0.25) is 9.59 Å². The molecule has 0 aliphatic heterocycles. The zero-order valence-corrected chi connectivity index (χ0v) is 12.7. The highest BCUT2D eigenvalue weighted by Gasteiger charge is 2.08. The van der Waals surface area contributed by atoms with E-state index >= 15 is 0 Å². The van der Waals surface area contributed by atoms with Crippen LogP contribution in [0.2, 0.25) is 0 Å². The predicted octanol–water partition coefficient (Wildman–Crippen LogP) is 3.51. The molecule has 0 heterocycles. The summed E-state index contributed by atoms with van der Waals surface area (Å²) in [7, 11) is 0. The number of anilines is 2. The minimum absolute atomic E-state index is 0.163. The largest absolute Gasteiger partial charge is 0.325 e. The molecule has 0 saturated heterocycles. The van der Waals surface area contributed by atoms with Crippen LogP contribution in [0.5, 0.6) is 0 Å². The Balaban J connectivity index is 1.93. The zero-order chi connectivity index (χ0) is 15.9. The summed E-state index contributed by atoms with van der Waals surface area (Å²) < 4.78 is 12.8. The van der Waals surface area contributed by atoms with E-state index in [2.05, 4.69) is 10.6 Å². The van der Waals surface area contributed by atoms with Gasteiger partial charge in [-0.1, -0.05) is 12.1 Å². The number of carbonyl (C=O) groups is 2. The van der Waals surface area contributed by atoms with Crippen LogP contribution in [0.1, 0.15) is 6.92 Å². The molecule has 0 atom stereocenters. The minimum Gasteiger partial charge on any atom is -0.325 e. The van der Waals surface area contributed by atoms with Gasteiger partial charge < -0.3 is 10.6 Å². The van der Waals surface area contributed by atoms with E-state index in [0.717, 1.165) is 4.90 Å². The Kier molecular flexibility index (Phi) is 5.55. The zero-order valence-electron chi connectivity index (χ0n) is 11.9. The number of nitrogens with one attached hydrogen (secondary N) is 2. The Morgan fingerprint density at radius 3 is 2.41 bits per heavy atom. The van der Waals surface area contributed by atoms with Crippen LogP contribution in [0.4, 0.5) is 15.8 Å². The van der Waals surface area contributed by atoms with Crippen molar-refractivity contribution < 1.29 is 14.0 Å². The van der Waals surface area contributed by atoms with Crippen LogP contribution in [0.25, 0.3) is 0 Å². The fourth-order valence-electron chi connectivity index (χ4n) is 1.76. The molecular weight excluding hydrogens is 303 g/mol. The Bertz CT molecular complexity index is 674. The second kappa shape index (κ2) is 7.61. The molecule has 0 aliphatic carbocycles. The van der Waals surface area contributed by atoms with Crippen molar-refractivity contribution >= 4 is 35.0 Å². The summed E-state index contributed by atoms with van der Waals surface area (Å²) in [5.41, 5.74) is 1.22. The van der Waals surface area contributed by atoms with E-state index in [9.17, 15) is 14.0 Å². The van der Waals surface area contributed by atoms with Gasteiger partial charge in [0.05, 0.1) is 11.4 Å². The van der Waals surface area contributed by atoms with Crippen molar-refractivity contribution in [1.29, 1.82) is 0 Å². The Morgan fingerprint density at radius 2 is 1.73 bits per heavy atom. The van der Waals surface area contributed by atoms with Gasteiger partial charge in [-0.2, -0.15) is 0 Å². The summed E-state index contributed by atoms with van der Waals surface area (Å²) in [5.74, 6) is -0.525. The van der Waals surface area contributed by atoms with E-state index in [4.69, 9.17) is 0 Å². The SMILES string of the molecule is CC(=O)Nc1ccccc1SCC(=O)Nc1ccc(F)cc1. The second-order valence-electron chi connectivity index (χ2n) is 4.52. The van der Waals surface area contributed by atoms with Gasteiger partial charge in [0.25, 0.3) is 0 Å². The van der Waals surface area contributed by atoms with Crippen LogP contribution in [-0.2, 0) is 9.59 Å². The first-order chi connectivity index (χ1) is 10.5. The van der Waals surface area contributed by atoms with Crippen molar-refractivity contribution in [3.8, 4) is 0 Å². The average molecular weight is 318 g/mol. The lowest BCUT2D eigenvalue weighted by molar-refractivity contribution is -0.114. The smallest absolute Gasteiger partial charge is 0.234 e. The summed E-state index contributed by atoms with van der Waals surface area (Å²) in [6.07, 6.45) is 0. The van der Waals surface area contributed by atoms with Crippen LogP contribution in [0, 0.1) is 5.82 Å². The van der Waals surface area contributed by atoms with E-state index < -0.39 is 0 Å². The molecule has 4 nitrogen and oxygen atoms in total. The van der Waals surface area contributed by atoms with Crippen molar-refractivity contribution in [2.24, 2.45) is 0 Å². The number of halogens is 1. The molecule has 0 spiro atoms. The Morgan fingerprint density at radius 1 is 1.05 bits per heavy atom. The number of hydrogen-bond acceptors (Lipinski definition) is 3. The molecule has 2 amide bonds. The second-order valence-corrected chi connectivity index (χ2v) is 5.54. The molecule has 6 heteroatoms. The lowest BCUT2D eigenvalue weighted by Gasteiger charge is -2.09. The molecule has 2 aromatic rings. The first-order valence-electron chi connectivity index (χ1n) is 6.59. The molecule has 0 bridgehead atoms. The molecule has 2 rings (SSSR count). The molecule has 0 fully saturated rings. The molecule has 0 aromatic heterocycles.